The van der Waals surface area contributed by atoms with Crippen molar-refractivity contribution in [3.8, 4) is 17.1 Å². The molecule has 1 aliphatic heterocycles. The van der Waals surface area contributed by atoms with E-state index in [4.69, 9.17) is 33.0 Å². The molecule has 0 aliphatic carbocycles. The maximum absolute atomic E-state index is 12.4. The standard InChI is InChI=1S/C32H25ClN4O3S/c33-22-11-9-21(10-12-22)27-17-18-28(40-27)31-30(26-8-4-5-19-34-26)36-32(41)37(31)24-15-13-23(14-16-24)35-29(38)20-39-25-6-2-1-3-7-25/h1-19,30-31H,20H2,(H,35,38)(H,36,41)/t30-,31-/m0/s1. The molecule has 6 rings (SSSR count). The first kappa shape index (κ1) is 26.6. The average Bonchev–Trinajstić information content (AvgIpc) is 3.63. The predicted molar refractivity (Wildman–Crippen MR) is 164 cm³/mol. The molecule has 0 spiro atoms. The van der Waals surface area contributed by atoms with E-state index in [0.29, 0.717) is 21.6 Å². The Morgan fingerprint density at radius 2 is 1.71 bits per heavy atom. The Morgan fingerprint density at radius 3 is 2.44 bits per heavy atom. The van der Waals surface area contributed by atoms with Gasteiger partial charge in [0.2, 0.25) is 0 Å². The van der Waals surface area contributed by atoms with Crippen molar-refractivity contribution in [3.05, 3.63) is 132 Å². The number of benzene rings is 3. The molecular formula is C32H25ClN4O3S. The van der Waals surface area contributed by atoms with Gasteiger partial charge in [0.1, 0.15) is 23.3 Å². The van der Waals surface area contributed by atoms with E-state index in [-0.39, 0.29) is 24.6 Å². The van der Waals surface area contributed by atoms with E-state index in [1.54, 1.807) is 18.3 Å². The first-order chi connectivity index (χ1) is 20.0. The van der Waals surface area contributed by atoms with Crippen molar-refractivity contribution in [3.63, 3.8) is 0 Å². The van der Waals surface area contributed by atoms with Crippen LogP contribution < -0.4 is 20.3 Å². The van der Waals surface area contributed by atoms with E-state index in [0.717, 1.165) is 28.5 Å². The van der Waals surface area contributed by atoms with Gasteiger partial charge in [0, 0.05) is 28.2 Å². The number of carbonyl (C=O) groups excluding carboxylic acids is 1. The van der Waals surface area contributed by atoms with Crippen molar-refractivity contribution in [2.75, 3.05) is 16.8 Å². The van der Waals surface area contributed by atoms with Crippen LogP contribution in [0.3, 0.4) is 0 Å². The molecule has 0 unspecified atom stereocenters. The third kappa shape index (κ3) is 5.94. The predicted octanol–water partition coefficient (Wildman–Crippen LogP) is 7.19. The van der Waals surface area contributed by atoms with Crippen molar-refractivity contribution >= 4 is 46.2 Å². The molecule has 0 saturated carbocycles. The molecule has 41 heavy (non-hydrogen) atoms. The van der Waals surface area contributed by atoms with Crippen LogP contribution in [-0.2, 0) is 4.79 Å². The Morgan fingerprint density at radius 1 is 0.951 bits per heavy atom. The molecule has 3 heterocycles. The lowest BCUT2D eigenvalue weighted by molar-refractivity contribution is -0.118. The van der Waals surface area contributed by atoms with Crippen LogP contribution >= 0.6 is 23.8 Å². The highest BCUT2D eigenvalue weighted by Crippen LogP contribution is 2.43. The van der Waals surface area contributed by atoms with Gasteiger partial charge >= 0.3 is 0 Å². The van der Waals surface area contributed by atoms with Gasteiger partial charge in [-0.2, -0.15) is 0 Å². The molecule has 1 fully saturated rings. The molecule has 9 heteroatoms. The number of amides is 1. The summed E-state index contributed by atoms with van der Waals surface area (Å²) in [6.07, 6.45) is 1.76. The minimum absolute atomic E-state index is 0.0891. The Kier molecular flexibility index (Phi) is 7.67. The van der Waals surface area contributed by atoms with E-state index >= 15 is 0 Å². The number of ether oxygens (including phenoxy) is 1. The number of hydrogen-bond acceptors (Lipinski definition) is 5. The number of nitrogens with zero attached hydrogens (tertiary/aromatic N) is 2. The second-order valence-electron chi connectivity index (χ2n) is 9.40. The number of pyridine rings is 1. The quantitative estimate of drug-likeness (QED) is 0.188. The maximum atomic E-state index is 12.4. The highest BCUT2D eigenvalue weighted by atomic mass is 35.5. The van der Waals surface area contributed by atoms with Crippen molar-refractivity contribution < 1.29 is 13.9 Å². The minimum Gasteiger partial charge on any atom is -0.484 e. The zero-order valence-corrected chi connectivity index (χ0v) is 23.3. The van der Waals surface area contributed by atoms with Gasteiger partial charge in [0.05, 0.1) is 11.7 Å². The third-order valence-electron chi connectivity index (χ3n) is 6.69. The highest BCUT2D eigenvalue weighted by molar-refractivity contribution is 7.80. The van der Waals surface area contributed by atoms with E-state index in [9.17, 15) is 4.79 Å². The number of thiocarbonyl (C=S) groups is 1. The normalized spacial score (nSPS) is 16.3. The summed E-state index contributed by atoms with van der Waals surface area (Å²) in [5, 5.41) is 7.52. The number of rotatable bonds is 8. The second-order valence-corrected chi connectivity index (χ2v) is 10.2. The fourth-order valence-corrected chi connectivity index (χ4v) is 5.24. The van der Waals surface area contributed by atoms with Gasteiger partial charge in [-0.05, 0) is 97.1 Å². The number of anilines is 2. The van der Waals surface area contributed by atoms with Gasteiger partial charge in [0.25, 0.3) is 5.91 Å². The van der Waals surface area contributed by atoms with E-state index in [2.05, 4.69) is 15.6 Å². The van der Waals surface area contributed by atoms with Crippen LogP contribution in [0.1, 0.15) is 23.5 Å². The van der Waals surface area contributed by atoms with Crippen LogP contribution in [-0.4, -0.2) is 22.6 Å². The third-order valence-corrected chi connectivity index (χ3v) is 7.25. The Balaban J connectivity index is 1.25. The topological polar surface area (TPSA) is 79.6 Å². The zero-order chi connectivity index (χ0) is 28.2. The fourth-order valence-electron chi connectivity index (χ4n) is 4.77. The molecule has 1 saturated heterocycles. The van der Waals surface area contributed by atoms with Crippen LogP contribution in [0, 0.1) is 0 Å². The summed E-state index contributed by atoms with van der Waals surface area (Å²) in [6.45, 7) is -0.0891. The Labute approximate surface area is 247 Å². The van der Waals surface area contributed by atoms with Crippen LogP contribution in [0.25, 0.3) is 11.3 Å². The van der Waals surface area contributed by atoms with Crippen molar-refractivity contribution in [2.45, 2.75) is 12.1 Å². The number of carbonyl (C=O) groups is 1. The Bertz CT molecular complexity index is 1640. The number of nitrogens with one attached hydrogen (secondary N) is 2. The molecule has 204 valence electrons. The highest BCUT2D eigenvalue weighted by Gasteiger charge is 2.42. The Hall–Kier alpha value is -4.66. The van der Waals surface area contributed by atoms with Crippen LogP contribution in [0.4, 0.5) is 11.4 Å². The number of halogens is 1. The second kappa shape index (κ2) is 11.8. The molecule has 7 nitrogen and oxygen atoms in total. The molecule has 1 amide bonds. The lowest BCUT2D eigenvalue weighted by Gasteiger charge is -2.26. The van der Waals surface area contributed by atoms with Crippen molar-refractivity contribution in [1.82, 2.24) is 10.3 Å². The summed E-state index contributed by atoms with van der Waals surface area (Å²) in [7, 11) is 0. The maximum Gasteiger partial charge on any atom is 0.262 e. The van der Waals surface area contributed by atoms with Crippen LogP contribution in [0.2, 0.25) is 5.02 Å². The van der Waals surface area contributed by atoms with E-state index < -0.39 is 0 Å². The summed E-state index contributed by atoms with van der Waals surface area (Å²) in [4.78, 5) is 19.1. The van der Waals surface area contributed by atoms with Gasteiger partial charge < -0.3 is 24.7 Å². The molecular weight excluding hydrogens is 556 g/mol. The average molecular weight is 581 g/mol. The number of furan rings is 1. The van der Waals surface area contributed by atoms with Gasteiger partial charge in [-0.25, -0.2) is 0 Å². The summed E-state index contributed by atoms with van der Waals surface area (Å²) in [5.74, 6) is 1.84. The SMILES string of the molecule is O=C(COc1ccccc1)Nc1ccc(N2C(=S)N[C@@H](c3ccccn3)[C@@H]2c2ccc(-c3ccc(Cl)cc3)o2)cc1. The van der Waals surface area contributed by atoms with Gasteiger partial charge in [-0.15, -0.1) is 0 Å². The molecule has 0 radical (unpaired) electrons. The van der Waals surface area contributed by atoms with E-state index in [1.807, 2.05) is 102 Å². The molecule has 3 aromatic carbocycles. The minimum atomic E-state index is -0.307. The molecule has 0 bridgehead atoms. The summed E-state index contributed by atoms with van der Waals surface area (Å²) < 4.78 is 11.9. The molecule has 2 N–H and O–H groups in total. The van der Waals surface area contributed by atoms with Gasteiger partial charge in [0.15, 0.2) is 11.7 Å². The van der Waals surface area contributed by atoms with Crippen LogP contribution in [0.5, 0.6) is 5.75 Å². The monoisotopic (exact) mass is 580 g/mol. The first-order valence-electron chi connectivity index (χ1n) is 13.0. The molecule has 2 aromatic heterocycles. The number of para-hydroxylation sites is 1. The fraction of sp³-hybridized carbons (Fsp3) is 0.0938. The van der Waals surface area contributed by atoms with Gasteiger partial charge in [-0.3, -0.25) is 9.78 Å². The van der Waals surface area contributed by atoms with Gasteiger partial charge in [-0.1, -0.05) is 35.9 Å². The number of hydrogen-bond donors (Lipinski definition) is 2. The summed E-state index contributed by atoms with van der Waals surface area (Å²) in [6, 6.07) is 33.4. The van der Waals surface area contributed by atoms with E-state index in [1.165, 1.54) is 0 Å². The van der Waals surface area contributed by atoms with Crippen molar-refractivity contribution in [1.29, 1.82) is 0 Å². The number of aromatic nitrogens is 1. The van der Waals surface area contributed by atoms with Crippen LogP contribution in [0.15, 0.2) is 120 Å². The first-order valence-corrected chi connectivity index (χ1v) is 13.8. The lowest BCUT2D eigenvalue weighted by Crippen LogP contribution is -2.29. The molecule has 1 aliphatic rings. The zero-order valence-electron chi connectivity index (χ0n) is 21.7. The largest absolute Gasteiger partial charge is 0.484 e. The lowest BCUT2D eigenvalue weighted by atomic mass is 10.0. The molecule has 5 aromatic rings. The summed E-state index contributed by atoms with van der Waals surface area (Å²) >= 11 is 11.9. The summed E-state index contributed by atoms with van der Waals surface area (Å²) in [5.41, 5.74) is 3.25. The van der Waals surface area contributed by atoms with Crippen molar-refractivity contribution in [2.24, 2.45) is 0 Å². The molecule has 2 atom stereocenters. The smallest absolute Gasteiger partial charge is 0.262 e.